The third-order valence-electron chi connectivity index (χ3n) is 10.1. The Morgan fingerprint density at radius 1 is 0.947 bits per heavy atom. The van der Waals surface area contributed by atoms with E-state index in [1.165, 1.54) is 73.6 Å². The van der Waals surface area contributed by atoms with E-state index in [0.29, 0.717) is 17.8 Å². The quantitative estimate of drug-likeness (QED) is 0.303. The number of unbranched alkanes of at least 4 members (excludes halogenated alkanes) is 6. The van der Waals surface area contributed by atoms with Gasteiger partial charge in [-0.2, -0.15) is 0 Å². The number of methoxy groups -OCH3 is 1. The van der Waals surface area contributed by atoms with E-state index in [2.05, 4.69) is 62.4 Å². The predicted octanol–water partition coefficient (Wildman–Crippen LogP) is 8.74. The Morgan fingerprint density at radius 2 is 1.68 bits per heavy atom. The Bertz CT molecular complexity index is 1090. The van der Waals surface area contributed by atoms with Gasteiger partial charge >= 0.3 is 0 Å². The molecule has 3 aliphatic rings. The standard InChI is InChI=1S/C35H48O3/c1-4-5-6-7-8-9-10-21-38-28-14-11-25(12-15-28)22-27-24-33-32-17-13-26-23-29(37-3)16-18-30(26)31(32)19-20-35(33,2)34(27)36/h11-12,14-16,18,22-23,31-34,36H,4-10,13,17,19-21,24H2,1-3H3/t31-,32-,33+,34+,35+/m1/s1. The Kier molecular flexibility index (Phi) is 8.83. The normalized spacial score (nSPS) is 29.0. The Morgan fingerprint density at radius 3 is 2.45 bits per heavy atom. The number of fused-ring (bicyclic) bond motifs is 5. The Labute approximate surface area is 230 Å². The van der Waals surface area contributed by atoms with Crippen LogP contribution in [0.5, 0.6) is 11.5 Å². The van der Waals surface area contributed by atoms with Crippen LogP contribution in [-0.4, -0.2) is 24.9 Å². The van der Waals surface area contributed by atoms with Crippen molar-refractivity contribution in [1.29, 1.82) is 0 Å². The summed E-state index contributed by atoms with van der Waals surface area (Å²) in [6.07, 6.45) is 16.6. The maximum Gasteiger partial charge on any atom is 0.119 e. The zero-order valence-electron chi connectivity index (χ0n) is 23.9. The molecule has 0 spiro atoms. The third kappa shape index (κ3) is 5.69. The molecule has 2 fully saturated rings. The van der Waals surface area contributed by atoms with E-state index in [1.807, 2.05) is 0 Å². The molecule has 2 saturated carbocycles. The summed E-state index contributed by atoms with van der Waals surface area (Å²) in [5.74, 6) is 3.73. The van der Waals surface area contributed by atoms with Gasteiger partial charge in [0, 0.05) is 5.41 Å². The maximum absolute atomic E-state index is 11.5. The van der Waals surface area contributed by atoms with Crippen LogP contribution < -0.4 is 9.47 Å². The number of rotatable bonds is 11. The van der Waals surface area contributed by atoms with Crippen LogP contribution in [-0.2, 0) is 6.42 Å². The Balaban J connectivity index is 1.19. The van der Waals surface area contributed by atoms with Crippen LogP contribution in [0, 0.1) is 17.3 Å². The van der Waals surface area contributed by atoms with E-state index in [9.17, 15) is 5.11 Å². The van der Waals surface area contributed by atoms with Crippen molar-refractivity contribution in [3.63, 3.8) is 0 Å². The van der Waals surface area contributed by atoms with Gasteiger partial charge in [0.25, 0.3) is 0 Å². The van der Waals surface area contributed by atoms with Crippen molar-refractivity contribution in [2.45, 2.75) is 103 Å². The highest BCUT2D eigenvalue weighted by Gasteiger charge is 2.56. The highest BCUT2D eigenvalue weighted by Crippen LogP contribution is 2.62. The van der Waals surface area contributed by atoms with Gasteiger partial charge in [-0.1, -0.05) is 76.6 Å². The van der Waals surface area contributed by atoms with E-state index < -0.39 is 0 Å². The average Bonchev–Trinajstić information content (AvgIpc) is 3.20. The van der Waals surface area contributed by atoms with Crippen molar-refractivity contribution in [3.05, 3.63) is 64.7 Å². The molecule has 0 aromatic heterocycles. The fourth-order valence-corrected chi connectivity index (χ4v) is 7.81. The summed E-state index contributed by atoms with van der Waals surface area (Å²) < 4.78 is 11.5. The summed E-state index contributed by atoms with van der Waals surface area (Å²) in [7, 11) is 1.75. The first kappa shape index (κ1) is 27.3. The molecule has 3 nitrogen and oxygen atoms in total. The summed E-state index contributed by atoms with van der Waals surface area (Å²) in [5.41, 5.74) is 5.37. The van der Waals surface area contributed by atoms with Crippen LogP contribution in [0.25, 0.3) is 6.08 Å². The first-order valence-electron chi connectivity index (χ1n) is 15.3. The number of aliphatic hydroxyl groups is 1. The molecule has 206 valence electrons. The molecule has 3 aliphatic carbocycles. The second kappa shape index (κ2) is 12.3. The molecule has 5 atom stereocenters. The SMILES string of the molecule is CCCCCCCCCOc1ccc(C=C2C[C@H]3[C@@H]4CCc5cc(OC)ccc5[C@H]4CC[C@]3(C)[C@H]2O)cc1. The van der Waals surface area contributed by atoms with Gasteiger partial charge < -0.3 is 14.6 Å². The lowest BCUT2D eigenvalue weighted by molar-refractivity contribution is -0.0158. The predicted molar refractivity (Wildman–Crippen MR) is 157 cm³/mol. The van der Waals surface area contributed by atoms with Crippen LogP contribution in [0.2, 0.25) is 0 Å². The van der Waals surface area contributed by atoms with Gasteiger partial charge in [0.05, 0.1) is 19.8 Å². The monoisotopic (exact) mass is 516 g/mol. The molecule has 2 aromatic carbocycles. The van der Waals surface area contributed by atoms with Gasteiger partial charge in [0.2, 0.25) is 0 Å². The minimum Gasteiger partial charge on any atom is -0.497 e. The van der Waals surface area contributed by atoms with Crippen LogP contribution in [0.15, 0.2) is 48.0 Å². The summed E-state index contributed by atoms with van der Waals surface area (Å²) in [6, 6.07) is 15.2. The van der Waals surface area contributed by atoms with E-state index in [4.69, 9.17) is 9.47 Å². The van der Waals surface area contributed by atoms with Gasteiger partial charge in [-0.3, -0.25) is 0 Å². The van der Waals surface area contributed by atoms with Crippen molar-refractivity contribution < 1.29 is 14.6 Å². The first-order chi connectivity index (χ1) is 18.5. The molecule has 0 saturated heterocycles. The topological polar surface area (TPSA) is 38.7 Å². The van der Waals surface area contributed by atoms with E-state index in [0.717, 1.165) is 43.8 Å². The van der Waals surface area contributed by atoms with Crippen LogP contribution in [0.1, 0.15) is 107 Å². The van der Waals surface area contributed by atoms with Crippen molar-refractivity contribution in [1.82, 2.24) is 0 Å². The highest BCUT2D eigenvalue weighted by atomic mass is 16.5. The van der Waals surface area contributed by atoms with Crippen LogP contribution in [0.3, 0.4) is 0 Å². The smallest absolute Gasteiger partial charge is 0.119 e. The van der Waals surface area contributed by atoms with Gasteiger partial charge in [-0.25, -0.2) is 0 Å². The molecule has 0 aliphatic heterocycles. The number of aryl methyl sites for hydroxylation is 1. The largest absolute Gasteiger partial charge is 0.497 e. The van der Waals surface area contributed by atoms with E-state index >= 15 is 0 Å². The van der Waals surface area contributed by atoms with Gasteiger partial charge in [-0.05, 0) is 103 Å². The minimum absolute atomic E-state index is 0.0173. The lowest BCUT2D eigenvalue weighted by Gasteiger charge is -2.49. The summed E-state index contributed by atoms with van der Waals surface area (Å²) in [4.78, 5) is 0. The number of aliphatic hydroxyl groups excluding tert-OH is 1. The number of ether oxygens (including phenoxy) is 2. The Hall–Kier alpha value is -2.26. The zero-order chi connectivity index (χ0) is 26.5. The molecular weight excluding hydrogens is 468 g/mol. The summed E-state index contributed by atoms with van der Waals surface area (Å²) in [5, 5.41) is 11.5. The summed E-state index contributed by atoms with van der Waals surface area (Å²) in [6.45, 7) is 5.41. The maximum atomic E-state index is 11.5. The fraction of sp³-hybridized carbons (Fsp3) is 0.600. The second-order valence-electron chi connectivity index (χ2n) is 12.4. The van der Waals surface area contributed by atoms with Gasteiger partial charge in [0.1, 0.15) is 11.5 Å². The molecule has 1 N–H and O–H groups in total. The molecule has 0 radical (unpaired) electrons. The highest BCUT2D eigenvalue weighted by molar-refractivity contribution is 5.56. The number of hydrogen-bond donors (Lipinski definition) is 1. The number of hydrogen-bond acceptors (Lipinski definition) is 3. The molecule has 0 unspecified atom stereocenters. The molecule has 38 heavy (non-hydrogen) atoms. The van der Waals surface area contributed by atoms with Crippen molar-refractivity contribution >= 4 is 6.08 Å². The van der Waals surface area contributed by atoms with E-state index in [1.54, 1.807) is 7.11 Å². The van der Waals surface area contributed by atoms with Crippen LogP contribution >= 0.6 is 0 Å². The summed E-state index contributed by atoms with van der Waals surface area (Å²) >= 11 is 0. The lowest BCUT2D eigenvalue weighted by atomic mass is 9.55. The molecule has 0 amide bonds. The second-order valence-corrected chi connectivity index (χ2v) is 12.4. The zero-order valence-corrected chi connectivity index (χ0v) is 23.9. The van der Waals surface area contributed by atoms with Gasteiger partial charge in [0.15, 0.2) is 0 Å². The first-order valence-corrected chi connectivity index (χ1v) is 15.3. The molecule has 5 rings (SSSR count). The average molecular weight is 517 g/mol. The molecule has 2 aromatic rings. The third-order valence-corrected chi connectivity index (χ3v) is 10.1. The lowest BCUT2D eigenvalue weighted by Crippen LogP contribution is -2.44. The molecule has 0 bridgehead atoms. The van der Waals surface area contributed by atoms with Crippen molar-refractivity contribution in [2.24, 2.45) is 17.3 Å². The van der Waals surface area contributed by atoms with Gasteiger partial charge in [-0.15, -0.1) is 0 Å². The minimum atomic E-state index is -0.348. The van der Waals surface area contributed by atoms with E-state index in [-0.39, 0.29) is 11.5 Å². The van der Waals surface area contributed by atoms with Crippen molar-refractivity contribution in [3.8, 4) is 11.5 Å². The molecule has 0 heterocycles. The van der Waals surface area contributed by atoms with Crippen molar-refractivity contribution in [2.75, 3.05) is 13.7 Å². The molecule has 3 heteroatoms. The number of benzene rings is 2. The van der Waals surface area contributed by atoms with Crippen LogP contribution in [0.4, 0.5) is 0 Å². The fourth-order valence-electron chi connectivity index (χ4n) is 7.81. The molecular formula is C35H48O3.